The summed E-state index contributed by atoms with van der Waals surface area (Å²) >= 11 is 3.65. The monoisotopic (exact) mass is 570 g/mol. The average molecular weight is 571 g/mol. The molecule has 0 unspecified atom stereocenters. The Bertz CT molecular complexity index is 992. The Morgan fingerprint density at radius 3 is 2.47 bits per heavy atom. The van der Waals surface area contributed by atoms with Gasteiger partial charge in [-0.25, -0.2) is 4.79 Å². The van der Waals surface area contributed by atoms with Crippen LogP contribution in [0.1, 0.15) is 65.4 Å². The second-order valence-corrected chi connectivity index (χ2v) is 13.0. The number of amides is 3. The SMILES string of the molecule is COc1ccc(C2(CCCCC(O)=[OH+])SCCCS2)c(NC(=O)[C@@H](C)NC(=O)CNC(=O)OC(C)(C)C)c1. The fraction of sp³-hybridized carbons (Fsp3) is 0.615. The van der Waals surface area contributed by atoms with E-state index in [1.165, 1.54) is 0 Å². The summed E-state index contributed by atoms with van der Waals surface area (Å²) in [6.07, 6.45) is 2.81. The van der Waals surface area contributed by atoms with Crippen molar-refractivity contribution in [2.75, 3.05) is 30.5 Å². The molecule has 5 N–H and O–H groups in total. The third-order valence-electron chi connectivity index (χ3n) is 5.57. The van der Waals surface area contributed by atoms with Gasteiger partial charge >= 0.3 is 12.1 Å². The van der Waals surface area contributed by atoms with E-state index in [0.717, 1.165) is 36.3 Å². The van der Waals surface area contributed by atoms with E-state index in [1.807, 2.05) is 35.7 Å². The van der Waals surface area contributed by atoms with Crippen molar-refractivity contribution < 1.29 is 33.8 Å². The number of hydrogen-bond donors (Lipinski definition) is 4. The van der Waals surface area contributed by atoms with Gasteiger partial charge in [0.2, 0.25) is 11.8 Å². The van der Waals surface area contributed by atoms with Gasteiger partial charge in [-0.2, -0.15) is 0 Å². The van der Waals surface area contributed by atoms with Gasteiger partial charge in [0.1, 0.15) is 30.4 Å². The van der Waals surface area contributed by atoms with Crippen LogP contribution in [0.5, 0.6) is 5.75 Å². The number of nitrogens with one attached hydrogen (secondary N) is 3. The zero-order valence-electron chi connectivity index (χ0n) is 22.7. The number of benzene rings is 1. The molecule has 1 aromatic carbocycles. The molecule has 0 saturated carbocycles. The summed E-state index contributed by atoms with van der Waals surface area (Å²) in [5.41, 5.74) is 0.859. The van der Waals surface area contributed by atoms with Crippen LogP contribution in [0.3, 0.4) is 0 Å². The predicted molar refractivity (Wildman–Crippen MR) is 153 cm³/mol. The number of ether oxygens (including phenoxy) is 2. The highest BCUT2D eigenvalue weighted by Gasteiger charge is 2.38. The number of methoxy groups -OCH3 is 1. The van der Waals surface area contributed by atoms with E-state index in [4.69, 9.17) is 19.4 Å². The molecule has 38 heavy (non-hydrogen) atoms. The number of carbonyl (C=O) groups is 3. The third-order valence-corrected chi connectivity index (χ3v) is 9.05. The number of anilines is 1. The van der Waals surface area contributed by atoms with Crippen LogP contribution >= 0.6 is 23.5 Å². The molecule has 0 aliphatic carbocycles. The largest absolute Gasteiger partial charge is 0.497 e. The topological polar surface area (TPSA) is 147 Å². The lowest BCUT2D eigenvalue weighted by molar-refractivity contribution is -0.125. The Hall–Kier alpha value is -2.60. The molecule has 12 heteroatoms. The van der Waals surface area contributed by atoms with Crippen LogP contribution in [0.4, 0.5) is 10.5 Å². The number of carbonyl (C=O) groups excluding carboxylic acids is 3. The van der Waals surface area contributed by atoms with Crippen LogP contribution in [-0.2, 0) is 18.4 Å². The maximum atomic E-state index is 13.1. The maximum absolute atomic E-state index is 13.1. The highest BCUT2D eigenvalue weighted by molar-refractivity contribution is 8.18. The normalized spacial score (nSPS) is 15.6. The number of aliphatic carboxylic acids is 1. The van der Waals surface area contributed by atoms with Gasteiger partial charge in [0.25, 0.3) is 0 Å². The van der Waals surface area contributed by atoms with E-state index in [2.05, 4.69) is 16.0 Å². The van der Waals surface area contributed by atoms with Crippen LogP contribution in [0.25, 0.3) is 0 Å². The minimum Gasteiger partial charge on any atom is -0.497 e. The van der Waals surface area contributed by atoms with E-state index in [9.17, 15) is 14.4 Å². The first-order valence-corrected chi connectivity index (χ1v) is 14.6. The Kier molecular flexibility index (Phi) is 12.1. The Labute approximate surface area is 232 Å². The first-order valence-electron chi connectivity index (χ1n) is 12.6. The van der Waals surface area contributed by atoms with E-state index in [-0.39, 0.29) is 17.0 Å². The van der Waals surface area contributed by atoms with Crippen molar-refractivity contribution in [3.63, 3.8) is 0 Å². The molecular formula is C26H40N3O7S2+. The standard InChI is InChI=1S/C26H39N3O7S2/c1-17(28-21(30)16-27-24(34)36-25(2,3)4)23(33)29-20-15-18(35-5)10-11-19(20)26(37-13-8-14-38-26)12-7-6-9-22(31)32/h10-11,15,17H,6-9,12-14,16H2,1-5H3,(H,27,34)(H,28,30)(H,29,33)(H,31,32)/p+1/t17-/m1/s1. The summed E-state index contributed by atoms with van der Waals surface area (Å²) in [4.78, 5) is 46.3. The lowest BCUT2D eigenvalue weighted by atomic mass is 10.0. The number of thioether (sulfide) groups is 2. The Balaban J connectivity index is 2.13. The number of carboxylic acid groups (broad SMARTS) is 1. The Morgan fingerprint density at radius 2 is 1.87 bits per heavy atom. The molecule has 10 nitrogen and oxygen atoms in total. The van der Waals surface area contributed by atoms with Gasteiger partial charge in [-0.1, -0.05) is 12.5 Å². The molecule has 3 amide bonds. The second-order valence-electron chi connectivity index (χ2n) is 9.97. The highest BCUT2D eigenvalue weighted by atomic mass is 32.2. The van der Waals surface area contributed by atoms with Crippen LogP contribution in [0.15, 0.2) is 18.2 Å². The maximum Gasteiger partial charge on any atom is 0.480 e. The van der Waals surface area contributed by atoms with Crippen LogP contribution in [0, 0.1) is 0 Å². The van der Waals surface area contributed by atoms with Crippen LogP contribution in [-0.4, -0.2) is 70.6 Å². The van der Waals surface area contributed by atoms with Gasteiger partial charge in [-0.3, -0.25) is 9.59 Å². The molecule has 1 atom stereocenters. The van der Waals surface area contributed by atoms with Crippen LogP contribution < -0.4 is 20.7 Å². The van der Waals surface area contributed by atoms with Crippen molar-refractivity contribution >= 4 is 53.1 Å². The number of unbranched alkanes of at least 4 members (excludes halogenated alkanes) is 1. The number of alkyl carbamates (subject to hydrolysis) is 1. The zero-order chi connectivity index (χ0) is 28.3. The van der Waals surface area contributed by atoms with Gasteiger partial charge in [0, 0.05) is 17.3 Å². The summed E-state index contributed by atoms with van der Waals surface area (Å²) in [6.45, 7) is 6.41. The van der Waals surface area contributed by atoms with E-state index in [1.54, 1.807) is 40.9 Å². The molecule has 1 aromatic rings. The molecule has 212 valence electrons. The lowest BCUT2D eigenvalue weighted by Gasteiger charge is -2.38. The molecule has 1 aliphatic heterocycles. The molecule has 1 saturated heterocycles. The summed E-state index contributed by atoms with van der Waals surface area (Å²) in [5, 5.41) is 17.1. The molecule has 1 fully saturated rings. The van der Waals surface area contributed by atoms with E-state index >= 15 is 0 Å². The van der Waals surface area contributed by atoms with Gasteiger partial charge in [-0.05, 0) is 64.5 Å². The fourth-order valence-electron chi connectivity index (χ4n) is 3.80. The zero-order valence-corrected chi connectivity index (χ0v) is 24.4. The first-order chi connectivity index (χ1) is 17.8. The van der Waals surface area contributed by atoms with Gasteiger partial charge < -0.3 is 35.3 Å². The summed E-state index contributed by atoms with van der Waals surface area (Å²) in [5.74, 6) is 1.04. The average Bonchev–Trinajstić information content (AvgIpc) is 2.84. The number of hydrogen-bond acceptors (Lipinski definition) is 7. The smallest absolute Gasteiger partial charge is 0.480 e. The molecule has 0 radical (unpaired) electrons. The first kappa shape index (κ1) is 31.6. The van der Waals surface area contributed by atoms with Crippen molar-refractivity contribution in [1.82, 2.24) is 10.6 Å². The van der Waals surface area contributed by atoms with Gasteiger partial charge in [0.05, 0.1) is 11.2 Å². The van der Waals surface area contributed by atoms with Crippen molar-refractivity contribution in [2.45, 2.75) is 75.5 Å². The molecule has 1 aliphatic rings. The number of rotatable bonds is 12. The molecule has 1 heterocycles. The van der Waals surface area contributed by atoms with Gasteiger partial charge in [-0.15, -0.1) is 23.5 Å². The summed E-state index contributed by atoms with van der Waals surface area (Å²) < 4.78 is 10.2. The second kappa shape index (κ2) is 14.5. The minimum atomic E-state index is -0.868. The van der Waals surface area contributed by atoms with Crippen molar-refractivity contribution in [3.8, 4) is 5.75 Å². The molecule has 0 spiro atoms. The third kappa shape index (κ3) is 10.3. The molecule has 0 bridgehead atoms. The molecule has 0 aromatic heterocycles. The highest BCUT2D eigenvalue weighted by Crippen LogP contribution is 2.55. The summed E-state index contributed by atoms with van der Waals surface area (Å²) in [6, 6.07) is 4.73. The van der Waals surface area contributed by atoms with Crippen molar-refractivity contribution in [2.24, 2.45) is 0 Å². The Morgan fingerprint density at radius 1 is 1.18 bits per heavy atom. The predicted octanol–water partition coefficient (Wildman–Crippen LogP) is 4.31. The summed E-state index contributed by atoms with van der Waals surface area (Å²) in [7, 11) is 1.55. The van der Waals surface area contributed by atoms with Crippen molar-refractivity contribution in [3.05, 3.63) is 23.8 Å². The quantitative estimate of drug-likeness (QED) is 0.215. The number of carboxylic acids is 1. The fourth-order valence-corrected chi connectivity index (χ4v) is 7.30. The van der Waals surface area contributed by atoms with E-state index in [0.29, 0.717) is 17.9 Å². The van der Waals surface area contributed by atoms with Crippen molar-refractivity contribution in [1.29, 1.82) is 0 Å². The molecule has 2 rings (SSSR count). The molecular weight excluding hydrogens is 530 g/mol. The van der Waals surface area contributed by atoms with E-state index < -0.39 is 35.5 Å². The minimum absolute atomic E-state index is 0.234. The lowest BCUT2D eigenvalue weighted by Crippen LogP contribution is -2.46. The van der Waals surface area contributed by atoms with Crippen LogP contribution in [0.2, 0.25) is 0 Å². The van der Waals surface area contributed by atoms with Gasteiger partial charge in [0.15, 0.2) is 0 Å². The number of aliphatic hydroxyl groups excluding tert-OH is 1.